The Kier molecular flexibility index (Phi) is 6.34. The maximum Gasteiger partial charge on any atom is 0.335 e. The van der Waals surface area contributed by atoms with Crippen LogP contribution in [0.3, 0.4) is 0 Å². The predicted octanol–water partition coefficient (Wildman–Crippen LogP) is 2.53. The van der Waals surface area contributed by atoms with Crippen molar-refractivity contribution in [3.8, 4) is 11.8 Å². The number of rotatable bonds is 7. The van der Waals surface area contributed by atoms with Crippen LogP contribution in [0.1, 0.15) is 15.9 Å². The number of hydrogen-bond acceptors (Lipinski definition) is 5. The van der Waals surface area contributed by atoms with E-state index in [2.05, 4.69) is 10.6 Å². The lowest BCUT2D eigenvalue weighted by atomic mass is 10.1. The number of nitrogens with zero attached hydrogens (tertiary/aromatic N) is 1. The number of anilines is 1. The lowest BCUT2D eigenvalue weighted by Crippen LogP contribution is -2.16. The molecule has 0 aliphatic rings. The number of nitriles is 1. The van der Waals surface area contributed by atoms with Crippen LogP contribution in [0.4, 0.5) is 5.69 Å². The number of carboxylic acid groups (broad SMARTS) is 1. The van der Waals surface area contributed by atoms with E-state index < -0.39 is 11.9 Å². The van der Waals surface area contributed by atoms with E-state index in [1.807, 2.05) is 6.07 Å². The lowest BCUT2D eigenvalue weighted by Gasteiger charge is -2.06. The van der Waals surface area contributed by atoms with Crippen molar-refractivity contribution in [1.29, 1.82) is 5.26 Å². The second kappa shape index (κ2) is 8.89. The fourth-order valence-corrected chi connectivity index (χ4v) is 2.06. The average Bonchev–Trinajstić information content (AvgIpc) is 2.66. The molecule has 0 spiro atoms. The van der Waals surface area contributed by atoms with Crippen molar-refractivity contribution in [2.75, 3.05) is 12.4 Å². The molecular weight excluding hydrogens is 334 g/mol. The average molecular weight is 351 g/mol. The minimum atomic E-state index is -0.994. The summed E-state index contributed by atoms with van der Waals surface area (Å²) < 4.78 is 5.04. The van der Waals surface area contributed by atoms with Crippen LogP contribution in [0.2, 0.25) is 0 Å². The molecule has 26 heavy (non-hydrogen) atoms. The van der Waals surface area contributed by atoms with Gasteiger partial charge < -0.3 is 20.5 Å². The smallest absolute Gasteiger partial charge is 0.335 e. The number of carbonyl (C=O) groups is 2. The fourth-order valence-electron chi connectivity index (χ4n) is 2.06. The van der Waals surface area contributed by atoms with E-state index in [4.69, 9.17) is 15.1 Å². The molecule has 7 nitrogen and oxygen atoms in total. The van der Waals surface area contributed by atoms with Crippen molar-refractivity contribution in [1.82, 2.24) is 5.32 Å². The van der Waals surface area contributed by atoms with Gasteiger partial charge in [0.1, 0.15) is 17.4 Å². The van der Waals surface area contributed by atoms with Gasteiger partial charge in [-0.1, -0.05) is 12.1 Å². The van der Waals surface area contributed by atoms with E-state index in [0.29, 0.717) is 18.0 Å². The number of aromatic carboxylic acids is 1. The number of amides is 1. The first-order valence-corrected chi connectivity index (χ1v) is 7.65. The second-order valence-electron chi connectivity index (χ2n) is 5.24. The van der Waals surface area contributed by atoms with Crippen molar-refractivity contribution in [3.05, 3.63) is 71.4 Å². The summed E-state index contributed by atoms with van der Waals surface area (Å²) >= 11 is 0. The van der Waals surface area contributed by atoms with Gasteiger partial charge in [-0.3, -0.25) is 4.79 Å². The highest BCUT2D eigenvalue weighted by atomic mass is 16.5. The third kappa shape index (κ3) is 5.11. The van der Waals surface area contributed by atoms with Gasteiger partial charge in [-0.25, -0.2) is 4.79 Å². The highest BCUT2D eigenvalue weighted by Gasteiger charge is 2.09. The Morgan fingerprint density at radius 1 is 1.15 bits per heavy atom. The minimum absolute atomic E-state index is 0.0806. The molecule has 0 saturated heterocycles. The first kappa shape index (κ1) is 18.5. The number of ether oxygens (including phenoxy) is 1. The van der Waals surface area contributed by atoms with Crippen LogP contribution in [-0.4, -0.2) is 24.1 Å². The van der Waals surface area contributed by atoms with Gasteiger partial charge in [0, 0.05) is 18.4 Å². The van der Waals surface area contributed by atoms with Gasteiger partial charge >= 0.3 is 5.97 Å². The van der Waals surface area contributed by atoms with Gasteiger partial charge in [-0.2, -0.15) is 5.26 Å². The van der Waals surface area contributed by atoms with Crippen LogP contribution in [0.15, 0.2) is 60.3 Å². The third-order valence-corrected chi connectivity index (χ3v) is 3.47. The standard InChI is InChI=1S/C19H17N3O4/c1-26-17-8-6-16(7-9-17)22-18(23)15(10-20)12-21-11-13-2-4-14(5-3-13)19(24)25/h2-9,12,21H,11H2,1H3,(H,22,23)(H,24,25)/b15-12-. The molecule has 0 saturated carbocycles. The quantitative estimate of drug-likeness (QED) is 0.522. The summed E-state index contributed by atoms with van der Waals surface area (Å²) in [5, 5.41) is 23.5. The molecule has 2 aromatic rings. The summed E-state index contributed by atoms with van der Waals surface area (Å²) in [6.07, 6.45) is 1.32. The van der Waals surface area contributed by atoms with Gasteiger partial charge in [0.25, 0.3) is 5.91 Å². The second-order valence-corrected chi connectivity index (χ2v) is 5.24. The third-order valence-electron chi connectivity index (χ3n) is 3.47. The zero-order valence-electron chi connectivity index (χ0n) is 14.0. The number of methoxy groups -OCH3 is 1. The highest BCUT2D eigenvalue weighted by Crippen LogP contribution is 2.15. The minimum Gasteiger partial charge on any atom is -0.497 e. The molecule has 0 bridgehead atoms. The molecule has 0 aliphatic heterocycles. The molecule has 0 heterocycles. The van der Waals surface area contributed by atoms with Crippen LogP contribution >= 0.6 is 0 Å². The molecule has 132 valence electrons. The molecule has 0 aromatic heterocycles. The predicted molar refractivity (Wildman–Crippen MR) is 95.6 cm³/mol. The van der Waals surface area contributed by atoms with Gasteiger partial charge in [0.15, 0.2) is 0 Å². The molecule has 2 aromatic carbocycles. The molecule has 0 radical (unpaired) electrons. The van der Waals surface area contributed by atoms with E-state index in [1.165, 1.54) is 18.3 Å². The van der Waals surface area contributed by atoms with Gasteiger partial charge in [-0.05, 0) is 42.0 Å². The Labute approximate surface area is 150 Å². The molecule has 0 fully saturated rings. The van der Waals surface area contributed by atoms with Crippen LogP contribution in [0.5, 0.6) is 5.75 Å². The summed E-state index contributed by atoms with van der Waals surface area (Å²) in [6, 6.07) is 14.9. The van der Waals surface area contributed by atoms with Gasteiger partial charge in [-0.15, -0.1) is 0 Å². The molecule has 0 unspecified atom stereocenters. The monoisotopic (exact) mass is 351 g/mol. The Morgan fingerprint density at radius 2 is 1.81 bits per heavy atom. The van der Waals surface area contributed by atoms with Crippen LogP contribution in [0, 0.1) is 11.3 Å². The summed E-state index contributed by atoms with van der Waals surface area (Å²) in [5.41, 5.74) is 1.48. The normalized spacial score (nSPS) is 10.5. The molecule has 7 heteroatoms. The summed E-state index contributed by atoms with van der Waals surface area (Å²) in [5.74, 6) is -0.868. The first-order chi connectivity index (χ1) is 12.5. The maximum atomic E-state index is 12.1. The number of nitrogens with one attached hydrogen (secondary N) is 2. The van der Waals surface area contributed by atoms with Crippen molar-refractivity contribution < 1.29 is 19.4 Å². The molecule has 2 rings (SSSR count). The Bertz CT molecular complexity index is 850. The van der Waals surface area contributed by atoms with E-state index >= 15 is 0 Å². The number of benzene rings is 2. The maximum absolute atomic E-state index is 12.1. The fraction of sp³-hybridized carbons (Fsp3) is 0.105. The Morgan fingerprint density at radius 3 is 2.35 bits per heavy atom. The SMILES string of the molecule is COc1ccc(NC(=O)/C(C#N)=C\NCc2ccc(C(=O)O)cc2)cc1. The number of carbonyl (C=O) groups excluding carboxylic acids is 1. The first-order valence-electron chi connectivity index (χ1n) is 7.65. The molecule has 0 aliphatic carbocycles. The van der Waals surface area contributed by atoms with Crippen LogP contribution < -0.4 is 15.4 Å². The molecular formula is C19H17N3O4. The summed E-state index contributed by atoms with van der Waals surface area (Å²) in [4.78, 5) is 22.9. The van der Waals surface area contributed by atoms with Crippen molar-refractivity contribution in [2.45, 2.75) is 6.54 Å². The zero-order valence-corrected chi connectivity index (χ0v) is 14.0. The largest absolute Gasteiger partial charge is 0.497 e. The molecule has 3 N–H and O–H groups in total. The van der Waals surface area contributed by atoms with E-state index in [-0.39, 0.29) is 11.1 Å². The van der Waals surface area contributed by atoms with Gasteiger partial charge in [0.05, 0.1) is 12.7 Å². The van der Waals surface area contributed by atoms with Crippen molar-refractivity contribution in [3.63, 3.8) is 0 Å². The number of carboxylic acids is 1. The molecule has 1 amide bonds. The highest BCUT2D eigenvalue weighted by molar-refractivity contribution is 6.06. The summed E-state index contributed by atoms with van der Waals surface area (Å²) in [7, 11) is 1.55. The van der Waals surface area contributed by atoms with Crippen LogP contribution in [-0.2, 0) is 11.3 Å². The zero-order chi connectivity index (χ0) is 18.9. The lowest BCUT2D eigenvalue weighted by molar-refractivity contribution is -0.112. The van der Waals surface area contributed by atoms with Gasteiger partial charge in [0.2, 0.25) is 0 Å². The van der Waals surface area contributed by atoms with Crippen molar-refractivity contribution in [2.24, 2.45) is 0 Å². The topological polar surface area (TPSA) is 111 Å². The van der Waals surface area contributed by atoms with E-state index in [0.717, 1.165) is 5.56 Å². The van der Waals surface area contributed by atoms with Crippen LogP contribution in [0.25, 0.3) is 0 Å². The Balaban J connectivity index is 1.94. The summed E-state index contributed by atoms with van der Waals surface area (Å²) in [6.45, 7) is 0.348. The van der Waals surface area contributed by atoms with Crippen molar-refractivity contribution >= 4 is 17.6 Å². The van der Waals surface area contributed by atoms with E-state index in [1.54, 1.807) is 43.5 Å². The molecule has 0 atom stereocenters. The van der Waals surface area contributed by atoms with E-state index in [9.17, 15) is 9.59 Å². The number of hydrogen-bond donors (Lipinski definition) is 3. The Hall–Kier alpha value is -3.79.